The molecule has 0 saturated heterocycles. The molecule has 0 spiro atoms. The predicted octanol–water partition coefficient (Wildman–Crippen LogP) is 4.75. The van der Waals surface area contributed by atoms with Crippen LogP contribution >= 0.6 is 11.6 Å². The van der Waals surface area contributed by atoms with Crippen LogP contribution in [0.4, 0.5) is 18.9 Å². The molecular formula is C17H13ClF3NO6. The number of halogens is 4. The minimum Gasteiger partial charge on any atom is -0.467 e. The Hall–Kier alpha value is -2.85. The van der Waals surface area contributed by atoms with Gasteiger partial charge >= 0.3 is 12.1 Å². The second-order valence-electron chi connectivity index (χ2n) is 5.36. The summed E-state index contributed by atoms with van der Waals surface area (Å²) in [5, 5.41) is 10.8. The van der Waals surface area contributed by atoms with Crippen LogP contribution in [0.15, 0.2) is 36.4 Å². The molecule has 0 amide bonds. The van der Waals surface area contributed by atoms with Gasteiger partial charge in [0.1, 0.15) is 18.1 Å². The molecule has 150 valence electrons. The van der Waals surface area contributed by atoms with Crippen molar-refractivity contribution in [2.24, 2.45) is 0 Å². The summed E-state index contributed by atoms with van der Waals surface area (Å²) in [6.07, 6.45) is -4.56. The number of benzene rings is 2. The second-order valence-corrected chi connectivity index (χ2v) is 5.77. The topological polar surface area (TPSA) is 87.9 Å². The van der Waals surface area contributed by atoms with Crippen LogP contribution in [0.25, 0.3) is 0 Å². The number of carbonyl (C=O) groups is 1. The third-order valence-corrected chi connectivity index (χ3v) is 3.74. The monoisotopic (exact) mass is 419 g/mol. The summed E-state index contributed by atoms with van der Waals surface area (Å²) in [5.74, 6) is -0.638. The molecule has 2 aromatic carbocycles. The average molecular weight is 420 g/mol. The van der Waals surface area contributed by atoms with E-state index in [1.807, 2.05) is 0 Å². The van der Waals surface area contributed by atoms with E-state index in [2.05, 4.69) is 4.74 Å². The average Bonchev–Trinajstić information content (AvgIpc) is 2.62. The molecule has 0 saturated carbocycles. The number of rotatable bonds is 7. The van der Waals surface area contributed by atoms with Crippen LogP contribution in [0, 0.1) is 10.1 Å². The standard InChI is InChI=1S/C17H13ClF3NO6/c1-26-16(23)9-27-8-10-6-12(3-4-14(10)22(24)25)28-15-5-2-11(7-13(15)18)17(19,20)21/h2-7H,8-9H2,1H3. The van der Waals surface area contributed by atoms with E-state index in [4.69, 9.17) is 21.1 Å². The molecule has 0 aliphatic carbocycles. The van der Waals surface area contributed by atoms with Gasteiger partial charge in [-0.3, -0.25) is 10.1 Å². The van der Waals surface area contributed by atoms with Crippen LogP contribution in [0.3, 0.4) is 0 Å². The van der Waals surface area contributed by atoms with Gasteiger partial charge in [0.2, 0.25) is 0 Å². The van der Waals surface area contributed by atoms with E-state index in [1.54, 1.807) is 0 Å². The summed E-state index contributed by atoms with van der Waals surface area (Å²) >= 11 is 5.83. The lowest BCUT2D eigenvalue weighted by Crippen LogP contribution is -2.10. The molecule has 0 fully saturated rings. The Morgan fingerprint density at radius 2 is 1.93 bits per heavy atom. The largest absolute Gasteiger partial charge is 0.467 e. The summed E-state index contributed by atoms with van der Waals surface area (Å²) in [6.45, 7) is -0.702. The SMILES string of the molecule is COC(=O)COCc1cc(Oc2ccc(C(F)(F)F)cc2Cl)ccc1[N+](=O)[O-]. The molecule has 0 heterocycles. The number of esters is 1. The first-order chi connectivity index (χ1) is 13.1. The lowest BCUT2D eigenvalue weighted by atomic mass is 10.1. The molecule has 2 aromatic rings. The summed E-state index contributed by atoms with van der Waals surface area (Å²) in [4.78, 5) is 21.5. The first-order valence-corrected chi connectivity index (χ1v) is 7.96. The first kappa shape index (κ1) is 21.5. The molecule has 0 aliphatic heterocycles. The van der Waals surface area contributed by atoms with Crippen molar-refractivity contribution in [3.8, 4) is 11.5 Å². The Morgan fingerprint density at radius 1 is 1.21 bits per heavy atom. The van der Waals surface area contributed by atoms with Gasteiger partial charge in [0.05, 0.1) is 34.8 Å². The van der Waals surface area contributed by atoms with Gasteiger partial charge in [-0.25, -0.2) is 4.79 Å². The zero-order chi connectivity index (χ0) is 20.9. The maximum absolute atomic E-state index is 12.7. The Kier molecular flexibility index (Phi) is 6.81. The van der Waals surface area contributed by atoms with Gasteiger partial charge in [-0.1, -0.05) is 11.6 Å². The number of methoxy groups -OCH3 is 1. The van der Waals surface area contributed by atoms with Gasteiger partial charge in [0.15, 0.2) is 0 Å². The molecular weight excluding hydrogens is 407 g/mol. The first-order valence-electron chi connectivity index (χ1n) is 7.58. The predicted molar refractivity (Wildman–Crippen MR) is 91.3 cm³/mol. The Morgan fingerprint density at radius 3 is 2.50 bits per heavy atom. The molecule has 0 unspecified atom stereocenters. The number of hydrogen-bond acceptors (Lipinski definition) is 6. The number of carbonyl (C=O) groups excluding carboxylic acids is 1. The van der Waals surface area contributed by atoms with Crippen molar-refractivity contribution >= 4 is 23.3 Å². The number of nitro benzene ring substituents is 1. The quantitative estimate of drug-likeness (QED) is 0.365. The van der Waals surface area contributed by atoms with E-state index in [9.17, 15) is 28.1 Å². The van der Waals surface area contributed by atoms with E-state index in [0.29, 0.717) is 6.07 Å². The van der Waals surface area contributed by atoms with Gasteiger partial charge in [0, 0.05) is 6.07 Å². The molecule has 28 heavy (non-hydrogen) atoms. The number of nitro groups is 1. The second kappa shape index (κ2) is 8.89. The molecule has 0 radical (unpaired) electrons. The zero-order valence-corrected chi connectivity index (χ0v) is 15.0. The van der Waals surface area contributed by atoms with Crippen molar-refractivity contribution in [3.05, 3.63) is 62.7 Å². The molecule has 7 nitrogen and oxygen atoms in total. The van der Waals surface area contributed by atoms with E-state index < -0.39 is 29.2 Å². The van der Waals surface area contributed by atoms with Crippen LogP contribution < -0.4 is 4.74 Å². The molecule has 11 heteroatoms. The normalized spacial score (nSPS) is 11.2. The third-order valence-electron chi connectivity index (χ3n) is 3.44. The van der Waals surface area contributed by atoms with Gasteiger partial charge in [-0.05, 0) is 30.3 Å². The highest BCUT2D eigenvalue weighted by Crippen LogP contribution is 2.37. The fraction of sp³-hybridized carbons (Fsp3) is 0.235. The smallest absolute Gasteiger partial charge is 0.416 e. The third kappa shape index (κ3) is 5.57. The number of hydrogen-bond donors (Lipinski definition) is 0. The number of ether oxygens (including phenoxy) is 3. The van der Waals surface area contributed by atoms with Gasteiger partial charge in [-0.2, -0.15) is 13.2 Å². The highest BCUT2D eigenvalue weighted by Gasteiger charge is 2.31. The lowest BCUT2D eigenvalue weighted by Gasteiger charge is -2.12. The zero-order valence-electron chi connectivity index (χ0n) is 14.3. The van der Waals surface area contributed by atoms with Crippen molar-refractivity contribution in [1.82, 2.24) is 0 Å². The van der Waals surface area contributed by atoms with Crippen molar-refractivity contribution in [3.63, 3.8) is 0 Å². The van der Waals surface area contributed by atoms with Crippen LogP contribution in [0.1, 0.15) is 11.1 Å². The van der Waals surface area contributed by atoms with E-state index in [1.165, 1.54) is 12.1 Å². The lowest BCUT2D eigenvalue weighted by molar-refractivity contribution is -0.386. The Balaban J connectivity index is 2.23. The molecule has 2 rings (SSSR count). The molecule has 0 bridgehead atoms. The Labute approximate surface area is 161 Å². The molecule has 0 atom stereocenters. The highest BCUT2D eigenvalue weighted by atomic mass is 35.5. The molecule has 0 aromatic heterocycles. The maximum atomic E-state index is 12.7. The highest BCUT2D eigenvalue weighted by molar-refractivity contribution is 6.32. The summed E-state index contributed by atoms with van der Waals surface area (Å²) < 4.78 is 53.0. The van der Waals surface area contributed by atoms with Crippen molar-refractivity contribution in [2.45, 2.75) is 12.8 Å². The summed E-state index contributed by atoms with van der Waals surface area (Å²) in [7, 11) is 1.16. The van der Waals surface area contributed by atoms with Crippen molar-refractivity contribution < 1.29 is 37.1 Å². The minimum absolute atomic E-state index is 0.0649. The summed E-state index contributed by atoms with van der Waals surface area (Å²) in [6, 6.07) is 6.22. The minimum atomic E-state index is -4.56. The van der Waals surface area contributed by atoms with Gasteiger partial charge in [-0.15, -0.1) is 0 Å². The van der Waals surface area contributed by atoms with E-state index in [-0.39, 0.29) is 34.4 Å². The van der Waals surface area contributed by atoms with Crippen LogP contribution in [-0.2, 0) is 27.1 Å². The fourth-order valence-electron chi connectivity index (χ4n) is 2.11. The fourth-order valence-corrected chi connectivity index (χ4v) is 2.33. The molecule has 0 N–H and O–H groups in total. The maximum Gasteiger partial charge on any atom is 0.416 e. The Bertz CT molecular complexity index is 888. The van der Waals surface area contributed by atoms with Gasteiger partial charge in [0.25, 0.3) is 5.69 Å². The number of alkyl halides is 3. The van der Waals surface area contributed by atoms with Crippen LogP contribution in [0.2, 0.25) is 5.02 Å². The molecule has 0 aliphatic rings. The van der Waals surface area contributed by atoms with Gasteiger partial charge < -0.3 is 14.2 Å². The summed E-state index contributed by atoms with van der Waals surface area (Å²) in [5.41, 5.74) is -1.13. The van der Waals surface area contributed by atoms with E-state index >= 15 is 0 Å². The van der Waals surface area contributed by atoms with E-state index in [0.717, 1.165) is 25.3 Å². The van der Waals surface area contributed by atoms with Crippen LogP contribution in [-0.4, -0.2) is 24.6 Å². The van der Waals surface area contributed by atoms with Crippen molar-refractivity contribution in [2.75, 3.05) is 13.7 Å². The van der Waals surface area contributed by atoms with Crippen LogP contribution in [0.5, 0.6) is 11.5 Å². The van der Waals surface area contributed by atoms with Crippen molar-refractivity contribution in [1.29, 1.82) is 0 Å². The number of nitrogens with zero attached hydrogens (tertiary/aromatic N) is 1.